The number of aromatic hydroxyl groups is 1. The Bertz CT molecular complexity index is 1290. The van der Waals surface area contributed by atoms with Crippen molar-refractivity contribution in [3.63, 3.8) is 0 Å². The monoisotopic (exact) mass is 482 g/mol. The molecule has 1 unspecified atom stereocenters. The van der Waals surface area contributed by atoms with Crippen LogP contribution in [-0.4, -0.2) is 53.2 Å². The van der Waals surface area contributed by atoms with E-state index in [9.17, 15) is 14.6 Å². The molecule has 0 radical (unpaired) electrons. The first-order valence-electron chi connectivity index (χ1n) is 10.7. The van der Waals surface area contributed by atoms with Gasteiger partial charge in [0.25, 0.3) is 0 Å². The number of hydrogen-bond acceptors (Lipinski definition) is 7. The summed E-state index contributed by atoms with van der Waals surface area (Å²) in [5.74, 6) is -1.03. The van der Waals surface area contributed by atoms with Gasteiger partial charge in [0.2, 0.25) is 0 Å². The van der Waals surface area contributed by atoms with E-state index in [4.69, 9.17) is 16.3 Å². The summed E-state index contributed by atoms with van der Waals surface area (Å²) >= 11 is 5.82. The number of rotatable bonds is 6. The maximum Gasteiger partial charge on any atom is 0.136 e. The molecule has 1 aliphatic heterocycles. The van der Waals surface area contributed by atoms with Crippen molar-refractivity contribution >= 4 is 34.9 Å². The van der Waals surface area contributed by atoms with Crippen LogP contribution in [0.2, 0.25) is 0 Å². The molecular formula is C25H24ClFN4O3. The number of halogens is 2. The molecule has 1 aliphatic rings. The highest BCUT2D eigenvalue weighted by molar-refractivity contribution is 6.29. The second-order valence-electron chi connectivity index (χ2n) is 7.87. The van der Waals surface area contributed by atoms with E-state index >= 15 is 0 Å². The molecule has 0 saturated carbocycles. The highest BCUT2D eigenvalue weighted by Crippen LogP contribution is 2.37. The summed E-state index contributed by atoms with van der Waals surface area (Å²) in [5, 5.41) is 22.0. The Morgan fingerprint density at radius 2 is 2.00 bits per heavy atom. The van der Waals surface area contributed by atoms with Crippen LogP contribution in [0.25, 0.3) is 22.2 Å². The molecule has 1 aromatic heterocycles. The maximum absolute atomic E-state index is 15.0. The van der Waals surface area contributed by atoms with E-state index in [2.05, 4.69) is 26.6 Å². The predicted molar refractivity (Wildman–Crippen MR) is 132 cm³/mol. The summed E-state index contributed by atoms with van der Waals surface area (Å²) in [5.41, 5.74) is 2.79. The molecule has 4 rings (SSSR count). The van der Waals surface area contributed by atoms with Gasteiger partial charge in [-0.05, 0) is 49.6 Å². The molecule has 1 fully saturated rings. The summed E-state index contributed by atoms with van der Waals surface area (Å²) in [6, 6.07) is 8.13. The van der Waals surface area contributed by atoms with Crippen LogP contribution in [0.15, 0.2) is 64.5 Å². The fourth-order valence-corrected chi connectivity index (χ4v) is 3.91. The minimum Gasteiger partial charge on any atom is -0.507 e. The van der Waals surface area contributed by atoms with Gasteiger partial charge in [0.1, 0.15) is 29.2 Å². The van der Waals surface area contributed by atoms with Gasteiger partial charge < -0.3 is 19.8 Å². The van der Waals surface area contributed by atoms with Gasteiger partial charge in [0, 0.05) is 41.4 Å². The Kier molecular flexibility index (Phi) is 7.21. The minimum atomic E-state index is -1.20. The van der Waals surface area contributed by atoms with Crippen LogP contribution in [0.5, 0.6) is 5.75 Å². The summed E-state index contributed by atoms with van der Waals surface area (Å²) in [4.78, 5) is 14.5. The fourth-order valence-electron chi connectivity index (χ4n) is 3.85. The Balaban J connectivity index is 1.75. The number of nitrogens with zero attached hydrogens (tertiary/aromatic N) is 4. The number of aliphatic hydroxyl groups is 1. The van der Waals surface area contributed by atoms with Gasteiger partial charge >= 0.3 is 0 Å². The number of phenolic OH excluding ortho intramolecular Hbond substituents is 1. The second-order valence-corrected chi connectivity index (χ2v) is 8.26. The third kappa shape index (κ3) is 4.94. The van der Waals surface area contributed by atoms with Crippen molar-refractivity contribution in [2.24, 2.45) is 4.99 Å². The van der Waals surface area contributed by atoms with Crippen LogP contribution in [0.1, 0.15) is 18.6 Å². The number of fused-ring (bicyclic) bond motifs is 1. The molecular weight excluding hydrogens is 459 g/mol. The summed E-state index contributed by atoms with van der Waals surface area (Å²) in [6.07, 6.45) is 3.20. The molecule has 2 N–H and O–H groups in total. The van der Waals surface area contributed by atoms with E-state index in [-0.39, 0.29) is 22.0 Å². The maximum atomic E-state index is 15.0. The lowest BCUT2D eigenvalue weighted by molar-refractivity contribution is 0.122. The van der Waals surface area contributed by atoms with Crippen molar-refractivity contribution in [2.45, 2.75) is 13.0 Å². The van der Waals surface area contributed by atoms with Crippen LogP contribution < -0.4 is 4.90 Å². The molecule has 0 bridgehead atoms. The zero-order valence-electron chi connectivity index (χ0n) is 18.6. The Labute approximate surface area is 201 Å². The van der Waals surface area contributed by atoms with Gasteiger partial charge in [-0.3, -0.25) is 4.99 Å². The molecule has 0 aliphatic carbocycles. The largest absolute Gasteiger partial charge is 0.507 e. The van der Waals surface area contributed by atoms with Gasteiger partial charge in [-0.2, -0.15) is 0 Å². The topological polar surface area (TPSA) is 91.1 Å². The van der Waals surface area contributed by atoms with Crippen molar-refractivity contribution in [2.75, 3.05) is 31.2 Å². The van der Waals surface area contributed by atoms with E-state index in [0.29, 0.717) is 35.4 Å². The average molecular weight is 483 g/mol. The third-order valence-electron chi connectivity index (χ3n) is 5.73. The molecule has 0 spiro atoms. The zero-order valence-corrected chi connectivity index (χ0v) is 19.3. The Morgan fingerprint density at radius 1 is 1.24 bits per heavy atom. The van der Waals surface area contributed by atoms with Gasteiger partial charge in [0.15, 0.2) is 0 Å². The molecule has 1 saturated heterocycles. The number of anilines is 1. The predicted octanol–water partition coefficient (Wildman–Crippen LogP) is 4.74. The van der Waals surface area contributed by atoms with Gasteiger partial charge in [-0.1, -0.05) is 17.7 Å². The van der Waals surface area contributed by atoms with Crippen LogP contribution >= 0.6 is 11.6 Å². The van der Waals surface area contributed by atoms with E-state index in [0.717, 1.165) is 24.8 Å². The van der Waals surface area contributed by atoms with Crippen molar-refractivity contribution in [1.29, 1.82) is 0 Å². The van der Waals surface area contributed by atoms with Crippen LogP contribution in [-0.2, 0) is 4.74 Å². The molecule has 9 heteroatoms. The van der Waals surface area contributed by atoms with E-state index in [1.165, 1.54) is 18.5 Å². The van der Waals surface area contributed by atoms with Crippen molar-refractivity contribution in [3.05, 3.63) is 70.9 Å². The smallest absolute Gasteiger partial charge is 0.136 e. The highest BCUT2D eigenvalue weighted by Gasteiger charge is 2.21. The Morgan fingerprint density at radius 3 is 2.74 bits per heavy atom. The normalized spacial score (nSPS) is 16.1. The quantitative estimate of drug-likeness (QED) is 0.299. The van der Waals surface area contributed by atoms with E-state index in [1.807, 2.05) is 18.2 Å². The Hall–Kier alpha value is -3.33. The van der Waals surface area contributed by atoms with Gasteiger partial charge in [-0.25, -0.2) is 14.4 Å². The number of aliphatic imine (C=N–C) groups is 1. The first kappa shape index (κ1) is 23.8. The lowest BCUT2D eigenvalue weighted by Crippen LogP contribution is -2.36. The first-order valence-corrected chi connectivity index (χ1v) is 11.1. The van der Waals surface area contributed by atoms with Crippen LogP contribution in [0.4, 0.5) is 10.1 Å². The number of aromatic nitrogens is 2. The fraction of sp³-hybridized carbons (Fsp3) is 0.240. The second kappa shape index (κ2) is 10.3. The molecule has 3 aromatic rings. The molecule has 34 heavy (non-hydrogen) atoms. The number of phenols is 1. The van der Waals surface area contributed by atoms with Crippen molar-refractivity contribution < 1.29 is 19.3 Å². The van der Waals surface area contributed by atoms with Crippen molar-refractivity contribution in [3.8, 4) is 17.0 Å². The third-order valence-corrected chi connectivity index (χ3v) is 5.97. The number of aliphatic hydroxyl groups excluding tert-OH is 1. The lowest BCUT2D eigenvalue weighted by Gasteiger charge is -2.29. The molecule has 2 aromatic carbocycles. The van der Waals surface area contributed by atoms with Crippen LogP contribution in [0, 0.1) is 5.82 Å². The lowest BCUT2D eigenvalue weighted by atomic mass is 9.96. The highest BCUT2D eigenvalue weighted by atomic mass is 35.5. The summed E-state index contributed by atoms with van der Waals surface area (Å²) in [7, 11) is 0. The van der Waals surface area contributed by atoms with Crippen molar-refractivity contribution in [1.82, 2.24) is 9.97 Å². The number of ether oxygens (including phenoxy) is 1. The van der Waals surface area contributed by atoms with Crippen LogP contribution in [0.3, 0.4) is 0 Å². The minimum absolute atomic E-state index is 0.137. The van der Waals surface area contributed by atoms with Gasteiger partial charge in [-0.15, -0.1) is 0 Å². The summed E-state index contributed by atoms with van der Waals surface area (Å²) in [6.45, 7) is 7.88. The van der Waals surface area contributed by atoms with E-state index in [1.54, 1.807) is 13.0 Å². The number of allylic oxidation sites excluding steroid dienone is 2. The molecule has 0 amide bonds. The zero-order chi connectivity index (χ0) is 24.2. The SMILES string of the molecule is C=N/C(Cl)=C\C=C(/C)C(O)c1cc(-c2ncnc3cc(N4CCOCC4)ccc23)c(F)cc1O. The van der Waals surface area contributed by atoms with Gasteiger partial charge in [0.05, 0.1) is 24.4 Å². The molecule has 176 valence electrons. The number of hydrogen-bond donors (Lipinski definition) is 2. The molecule has 2 heterocycles. The number of benzene rings is 2. The number of morpholine rings is 1. The van der Waals surface area contributed by atoms with E-state index < -0.39 is 11.9 Å². The first-order chi connectivity index (χ1) is 16.4. The standard InChI is InChI=1S/C25H24ClFN4O3/c1-15(3-6-23(26)28-2)25(33)19-12-18(20(27)13-22(19)32)24-17-5-4-16(11-21(17)29-14-30-24)31-7-9-34-10-8-31/h3-6,11-14,25,32-33H,2,7-10H2,1H3/b15-3+,23-6-. The molecule has 1 atom stereocenters. The average Bonchev–Trinajstić information content (AvgIpc) is 2.86. The molecule has 7 nitrogen and oxygen atoms in total. The summed E-state index contributed by atoms with van der Waals surface area (Å²) < 4.78 is 20.4.